The second kappa shape index (κ2) is 8.37. The molecule has 2 aromatic carbocycles. The van der Waals surface area contributed by atoms with Crippen molar-refractivity contribution in [2.24, 2.45) is 0 Å². The van der Waals surface area contributed by atoms with Crippen LogP contribution < -0.4 is 0 Å². The average Bonchev–Trinajstić information content (AvgIpc) is 3.41. The SMILES string of the molecule is CC(=O)N1CCC=C(c2cc(-c3cccc4c3CN(C)C4=O)c3cc(C(=O)N(C)C)[nH]c3c2F)C1. The van der Waals surface area contributed by atoms with Gasteiger partial charge in [0.05, 0.1) is 5.52 Å². The van der Waals surface area contributed by atoms with Crippen LogP contribution in [0.15, 0.2) is 36.4 Å². The Kier molecular flexibility index (Phi) is 5.46. The van der Waals surface area contributed by atoms with Gasteiger partial charge in [0.25, 0.3) is 11.8 Å². The van der Waals surface area contributed by atoms with Crippen molar-refractivity contribution in [3.05, 3.63) is 64.6 Å². The fourth-order valence-electron chi connectivity index (χ4n) is 5.01. The van der Waals surface area contributed by atoms with Gasteiger partial charge in [-0.15, -0.1) is 0 Å². The molecule has 2 aliphatic rings. The standard InChI is InChI=1S/C27H27FN4O3/c1-15(33)32-10-6-7-16(13-32)19-11-20(17-8-5-9-18-22(17)14-31(4)26(18)34)21-12-23(27(35)30(2)3)29-25(21)24(19)28/h5,7-9,11-12,29H,6,10,13-14H2,1-4H3. The fourth-order valence-corrected chi connectivity index (χ4v) is 5.01. The van der Waals surface area contributed by atoms with Crippen LogP contribution in [0.1, 0.15) is 45.3 Å². The van der Waals surface area contributed by atoms with Crippen LogP contribution in [0.4, 0.5) is 4.39 Å². The minimum absolute atomic E-state index is 0.0509. The highest BCUT2D eigenvalue weighted by Gasteiger charge is 2.29. The van der Waals surface area contributed by atoms with Gasteiger partial charge in [-0.3, -0.25) is 14.4 Å². The summed E-state index contributed by atoms with van der Waals surface area (Å²) in [5, 5.41) is 0.576. The minimum atomic E-state index is -0.459. The molecule has 0 radical (unpaired) electrons. The van der Waals surface area contributed by atoms with E-state index in [2.05, 4.69) is 4.98 Å². The van der Waals surface area contributed by atoms with Crippen molar-refractivity contribution in [2.75, 3.05) is 34.2 Å². The molecule has 0 bridgehead atoms. The molecule has 0 spiro atoms. The smallest absolute Gasteiger partial charge is 0.269 e. The number of aromatic amines is 1. The zero-order chi connectivity index (χ0) is 25.0. The number of rotatable bonds is 3. The minimum Gasteiger partial charge on any atom is -0.348 e. The zero-order valence-electron chi connectivity index (χ0n) is 20.2. The third-order valence-electron chi connectivity index (χ3n) is 6.87. The third kappa shape index (κ3) is 3.69. The van der Waals surface area contributed by atoms with Crippen LogP contribution in [0.5, 0.6) is 0 Å². The van der Waals surface area contributed by atoms with Gasteiger partial charge in [-0.2, -0.15) is 0 Å². The molecule has 0 atom stereocenters. The van der Waals surface area contributed by atoms with E-state index in [1.165, 1.54) is 11.8 Å². The van der Waals surface area contributed by atoms with Gasteiger partial charge in [-0.1, -0.05) is 18.2 Å². The van der Waals surface area contributed by atoms with Gasteiger partial charge in [0, 0.05) is 64.2 Å². The molecule has 8 heteroatoms. The lowest BCUT2D eigenvalue weighted by Crippen LogP contribution is -2.33. The summed E-state index contributed by atoms with van der Waals surface area (Å²) in [5.41, 5.74) is 4.71. The number of halogens is 1. The van der Waals surface area contributed by atoms with Crippen molar-refractivity contribution in [1.82, 2.24) is 19.7 Å². The average molecular weight is 475 g/mol. The van der Waals surface area contributed by atoms with E-state index in [9.17, 15) is 14.4 Å². The lowest BCUT2D eigenvalue weighted by molar-refractivity contribution is -0.128. The number of amides is 3. The highest BCUT2D eigenvalue weighted by atomic mass is 19.1. The van der Waals surface area contributed by atoms with Crippen LogP contribution in [0.25, 0.3) is 27.6 Å². The summed E-state index contributed by atoms with van der Waals surface area (Å²) in [6.45, 7) is 2.88. The Morgan fingerprint density at radius 2 is 1.80 bits per heavy atom. The molecular weight excluding hydrogens is 447 g/mol. The lowest BCUT2D eigenvalue weighted by atomic mass is 9.90. The Morgan fingerprint density at radius 1 is 1.06 bits per heavy atom. The summed E-state index contributed by atoms with van der Waals surface area (Å²) in [6.07, 6.45) is 2.60. The molecule has 0 saturated carbocycles. The number of nitrogens with zero attached hydrogens (tertiary/aromatic N) is 3. The molecular formula is C27H27FN4O3. The Bertz CT molecular complexity index is 1440. The van der Waals surface area contributed by atoms with Gasteiger partial charge in [0.2, 0.25) is 5.91 Å². The van der Waals surface area contributed by atoms with Gasteiger partial charge in [0.15, 0.2) is 5.82 Å². The van der Waals surface area contributed by atoms with Crippen molar-refractivity contribution in [3.63, 3.8) is 0 Å². The molecule has 2 aliphatic heterocycles. The molecule has 180 valence electrons. The van der Waals surface area contributed by atoms with E-state index >= 15 is 4.39 Å². The van der Waals surface area contributed by atoms with Gasteiger partial charge in [-0.05, 0) is 46.9 Å². The lowest BCUT2D eigenvalue weighted by Gasteiger charge is -2.27. The second-order valence-electron chi connectivity index (χ2n) is 9.41. The van der Waals surface area contributed by atoms with Crippen molar-refractivity contribution in [1.29, 1.82) is 0 Å². The summed E-state index contributed by atoms with van der Waals surface area (Å²) in [6, 6.07) is 9.04. The molecule has 3 heterocycles. The van der Waals surface area contributed by atoms with Crippen molar-refractivity contribution in [2.45, 2.75) is 19.9 Å². The molecule has 3 aromatic rings. The zero-order valence-corrected chi connectivity index (χ0v) is 20.2. The van der Waals surface area contributed by atoms with Gasteiger partial charge in [0.1, 0.15) is 5.69 Å². The largest absolute Gasteiger partial charge is 0.348 e. The summed E-state index contributed by atoms with van der Waals surface area (Å²) in [4.78, 5) is 45.2. The molecule has 1 N–H and O–H groups in total. The van der Waals surface area contributed by atoms with Crippen molar-refractivity contribution < 1.29 is 18.8 Å². The monoisotopic (exact) mass is 474 g/mol. The van der Waals surface area contributed by atoms with Gasteiger partial charge in [-0.25, -0.2) is 4.39 Å². The molecule has 0 fully saturated rings. The number of hydrogen-bond donors (Lipinski definition) is 1. The van der Waals surface area contributed by atoms with Crippen LogP contribution in [0, 0.1) is 5.82 Å². The van der Waals surface area contributed by atoms with E-state index in [0.717, 1.165) is 22.3 Å². The van der Waals surface area contributed by atoms with E-state index in [1.54, 1.807) is 49.1 Å². The maximum absolute atomic E-state index is 16.0. The number of benzene rings is 2. The Hall–Kier alpha value is -3.94. The molecule has 1 aromatic heterocycles. The summed E-state index contributed by atoms with van der Waals surface area (Å²) >= 11 is 0. The van der Waals surface area contributed by atoms with Gasteiger partial charge >= 0.3 is 0 Å². The first-order chi connectivity index (χ1) is 16.7. The molecule has 0 unspecified atom stereocenters. The summed E-state index contributed by atoms with van der Waals surface area (Å²) in [7, 11) is 5.04. The first-order valence-corrected chi connectivity index (χ1v) is 11.6. The van der Waals surface area contributed by atoms with Crippen molar-refractivity contribution >= 4 is 34.2 Å². The number of H-pyrrole nitrogens is 1. The molecule has 35 heavy (non-hydrogen) atoms. The van der Waals surface area contributed by atoms with E-state index in [-0.39, 0.29) is 28.9 Å². The predicted octanol–water partition coefficient (Wildman–Crippen LogP) is 3.90. The summed E-state index contributed by atoms with van der Waals surface area (Å²) < 4.78 is 16.0. The van der Waals surface area contributed by atoms with E-state index < -0.39 is 5.82 Å². The molecule has 0 saturated heterocycles. The number of hydrogen-bond acceptors (Lipinski definition) is 3. The highest BCUT2D eigenvalue weighted by molar-refractivity contribution is 6.07. The molecule has 0 aliphatic carbocycles. The normalized spacial score (nSPS) is 15.5. The quantitative estimate of drug-likeness (QED) is 0.626. The fraction of sp³-hybridized carbons (Fsp3) is 0.296. The van der Waals surface area contributed by atoms with Crippen LogP contribution >= 0.6 is 0 Å². The van der Waals surface area contributed by atoms with E-state index in [1.807, 2.05) is 18.2 Å². The number of aromatic nitrogens is 1. The number of nitrogens with one attached hydrogen (secondary N) is 1. The van der Waals surface area contributed by atoms with Crippen LogP contribution in [-0.2, 0) is 11.3 Å². The van der Waals surface area contributed by atoms with Crippen LogP contribution in [0.3, 0.4) is 0 Å². The molecule has 3 amide bonds. The maximum Gasteiger partial charge on any atom is 0.269 e. The number of carbonyl (C=O) groups is 3. The Morgan fingerprint density at radius 3 is 2.51 bits per heavy atom. The van der Waals surface area contributed by atoms with E-state index in [0.29, 0.717) is 42.6 Å². The molecule has 5 rings (SSSR count). The Labute approximate surface area is 202 Å². The highest BCUT2D eigenvalue weighted by Crippen LogP contribution is 2.40. The van der Waals surface area contributed by atoms with Gasteiger partial charge < -0.3 is 19.7 Å². The predicted molar refractivity (Wildman–Crippen MR) is 132 cm³/mol. The van der Waals surface area contributed by atoms with E-state index in [4.69, 9.17) is 0 Å². The topological polar surface area (TPSA) is 76.7 Å². The maximum atomic E-state index is 16.0. The second-order valence-corrected chi connectivity index (χ2v) is 9.41. The first kappa shape index (κ1) is 22.8. The number of carbonyl (C=O) groups excluding carboxylic acids is 3. The van der Waals surface area contributed by atoms with Crippen LogP contribution in [0.2, 0.25) is 0 Å². The first-order valence-electron chi connectivity index (χ1n) is 11.6. The summed E-state index contributed by atoms with van der Waals surface area (Å²) in [5.74, 6) is -0.830. The Balaban J connectivity index is 1.77. The number of fused-ring (bicyclic) bond motifs is 2. The van der Waals surface area contributed by atoms with Crippen LogP contribution in [-0.4, -0.2) is 71.6 Å². The third-order valence-corrected chi connectivity index (χ3v) is 6.87. The van der Waals surface area contributed by atoms with Crippen molar-refractivity contribution in [3.8, 4) is 11.1 Å². The molecule has 7 nitrogen and oxygen atoms in total.